The third-order valence-electron chi connectivity index (χ3n) is 4.33. The van der Waals surface area contributed by atoms with Crippen molar-refractivity contribution in [1.29, 1.82) is 0 Å². The van der Waals surface area contributed by atoms with Crippen molar-refractivity contribution < 1.29 is 36.9 Å². The van der Waals surface area contributed by atoms with E-state index in [4.69, 9.17) is 0 Å². The summed E-state index contributed by atoms with van der Waals surface area (Å²) >= 11 is 0. The van der Waals surface area contributed by atoms with E-state index in [1.165, 1.54) is 90.4 Å². The predicted octanol–water partition coefficient (Wildman–Crippen LogP) is 4.31. The molecule has 0 spiro atoms. The Balaban J connectivity index is -0.000000709. The average molecular weight is 432 g/mol. The Bertz CT molecular complexity index is 344. The number of carbonyl (C=O) groups excluding carboxylic acids is 2. The molecule has 0 fully saturated rings. The molecule has 0 aliphatic carbocycles. The van der Waals surface area contributed by atoms with Gasteiger partial charge in [0.05, 0.1) is 5.97 Å². The number of carbonyl (C=O) groups is 2. The second-order valence-electron chi connectivity index (χ2n) is 7.14. The Morgan fingerprint density at radius 2 is 0.926 bits per heavy atom. The van der Waals surface area contributed by atoms with Gasteiger partial charge in [-0.2, -0.15) is 0 Å². The van der Waals surface area contributed by atoms with Crippen molar-refractivity contribution in [3.05, 3.63) is 12.2 Å². The molecule has 0 heterocycles. The van der Waals surface area contributed by atoms with Crippen molar-refractivity contribution in [2.45, 2.75) is 117 Å². The Morgan fingerprint density at radius 1 is 0.667 bits per heavy atom. The number of aliphatic carboxylic acids is 2. The van der Waals surface area contributed by atoms with Crippen LogP contribution in [0.4, 0.5) is 0 Å². The summed E-state index contributed by atoms with van der Waals surface area (Å²) in [6, 6.07) is 0. The molecule has 5 heteroatoms. The van der Waals surface area contributed by atoms with Crippen LogP contribution < -0.4 is 10.2 Å². The Kier molecular flexibility index (Phi) is 28.9. The van der Waals surface area contributed by atoms with Gasteiger partial charge >= 0.3 is 17.1 Å². The van der Waals surface area contributed by atoms with E-state index in [-0.39, 0.29) is 29.1 Å². The fourth-order valence-electron chi connectivity index (χ4n) is 2.64. The number of hydrogen-bond acceptors (Lipinski definition) is 4. The first-order valence-corrected chi connectivity index (χ1v) is 10.5. The fraction of sp³-hybridized carbons (Fsp3) is 0.818. The molecule has 0 rings (SSSR count). The van der Waals surface area contributed by atoms with Gasteiger partial charge in [-0.3, -0.25) is 0 Å². The number of unbranched alkanes of at least 4 members (excludes halogenated alkanes) is 14. The quantitative estimate of drug-likeness (QED) is 0.195. The molecule has 4 nitrogen and oxygen atoms in total. The van der Waals surface area contributed by atoms with Crippen LogP contribution in [0.5, 0.6) is 0 Å². The molecule has 0 aromatic heterocycles. The Morgan fingerprint density at radius 3 is 1.15 bits per heavy atom. The van der Waals surface area contributed by atoms with Gasteiger partial charge in [-0.05, 0) is 25.3 Å². The Hall–Kier alpha value is -0.801. The van der Waals surface area contributed by atoms with Crippen LogP contribution in [0.2, 0.25) is 0 Å². The molecule has 0 N–H and O–H groups in total. The first-order chi connectivity index (χ1) is 12.4. The maximum atomic E-state index is 10.2. The molecule has 164 valence electrons. The van der Waals surface area contributed by atoms with Crippen LogP contribution in [-0.4, -0.2) is 11.9 Å². The molecule has 0 bridgehead atoms. The van der Waals surface area contributed by atoms with E-state index in [1.807, 2.05) is 0 Å². The topological polar surface area (TPSA) is 80.3 Å². The monoisotopic (exact) mass is 431 g/mol. The molecule has 0 aromatic carbocycles. The maximum absolute atomic E-state index is 10.2. The SMILES string of the molecule is C=C(C)C(=O)[O-].CCCCCCCCCCCCCCCCCC(=O)[O-].[Cu+]. The Labute approximate surface area is 177 Å². The molecule has 0 radical (unpaired) electrons. The van der Waals surface area contributed by atoms with Crippen molar-refractivity contribution in [3.8, 4) is 0 Å². The molecule has 0 aromatic rings. The van der Waals surface area contributed by atoms with Crippen molar-refractivity contribution in [3.63, 3.8) is 0 Å². The van der Waals surface area contributed by atoms with Crippen LogP contribution in [0.1, 0.15) is 117 Å². The zero-order chi connectivity index (χ0) is 20.0. The van der Waals surface area contributed by atoms with Gasteiger partial charge in [-0.15, -0.1) is 0 Å². The van der Waals surface area contributed by atoms with E-state index in [1.54, 1.807) is 0 Å². The van der Waals surface area contributed by atoms with Crippen LogP contribution in [0, 0.1) is 0 Å². The van der Waals surface area contributed by atoms with Gasteiger partial charge in [0.15, 0.2) is 0 Å². The summed E-state index contributed by atoms with van der Waals surface area (Å²) in [7, 11) is 0. The van der Waals surface area contributed by atoms with Gasteiger partial charge in [0, 0.05) is 5.97 Å². The molecule has 0 atom stereocenters. The fourth-order valence-corrected chi connectivity index (χ4v) is 2.64. The van der Waals surface area contributed by atoms with Crippen LogP contribution in [0.3, 0.4) is 0 Å². The van der Waals surface area contributed by atoms with Crippen molar-refractivity contribution in [2.24, 2.45) is 0 Å². The zero-order valence-corrected chi connectivity index (χ0v) is 18.4. The summed E-state index contributed by atoms with van der Waals surface area (Å²) in [6.07, 6.45) is 19.9. The van der Waals surface area contributed by atoms with E-state index >= 15 is 0 Å². The normalized spacial score (nSPS) is 9.70. The number of hydrogen-bond donors (Lipinski definition) is 0. The van der Waals surface area contributed by atoms with Crippen LogP contribution in [0.15, 0.2) is 12.2 Å². The van der Waals surface area contributed by atoms with Gasteiger partial charge in [0.1, 0.15) is 0 Å². The number of carboxylic acid groups (broad SMARTS) is 2. The summed E-state index contributed by atoms with van der Waals surface area (Å²) in [5.41, 5.74) is 0.0648. The molecule has 0 amide bonds. The van der Waals surface area contributed by atoms with E-state index in [0.717, 1.165) is 12.8 Å². The molecule has 27 heavy (non-hydrogen) atoms. The first-order valence-electron chi connectivity index (χ1n) is 10.5. The zero-order valence-electron chi connectivity index (χ0n) is 17.5. The average Bonchev–Trinajstić information content (AvgIpc) is 2.58. The van der Waals surface area contributed by atoms with Crippen molar-refractivity contribution in [2.75, 3.05) is 0 Å². The van der Waals surface area contributed by atoms with Crippen molar-refractivity contribution >= 4 is 11.9 Å². The van der Waals surface area contributed by atoms with E-state index in [0.29, 0.717) is 0 Å². The third-order valence-corrected chi connectivity index (χ3v) is 4.33. The van der Waals surface area contributed by atoms with E-state index in [2.05, 4.69) is 13.5 Å². The third kappa shape index (κ3) is 33.2. The van der Waals surface area contributed by atoms with Crippen LogP contribution in [-0.2, 0) is 26.7 Å². The summed E-state index contributed by atoms with van der Waals surface area (Å²) in [5, 5.41) is 19.7. The molecular weight excluding hydrogens is 392 g/mol. The molecule has 0 saturated carbocycles. The minimum absolute atomic E-state index is 0. The second kappa shape index (κ2) is 25.2. The number of rotatable bonds is 17. The summed E-state index contributed by atoms with van der Waals surface area (Å²) in [5.74, 6) is -2.09. The van der Waals surface area contributed by atoms with Gasteiger partial charge < -0.3 is 19.8 Å². The standard InChI is InChI=1S/C18H36O2.C4H6O2.Cu/c1-2-3-4-5-6-7-8-9-10-11-12-13-14-15-16-17-18(19)20;1-3(2)4(5)6;/h2-17H2,1H3,(H,19,20);1H2,2H3,(H,5,6);/q;;+1/p-2. The van der Waals surface area contributed by atoms with E-state index < -0.39 is 11.9 Å². The van der Waals surface area contributed by atoms with Crippen molar-refractivity contribution in [1.82, 2.24) is 0 Å². The minimum Gasteiger partial charge on any atom is -0.550 e. The molecule has 0 aliphatic heterocycles. The van der Waals surface area contributed by atoms with Crippen LogP contribution in [0.25, 0.3) is 0 Å². The first kappa shape index (κ1) is 30.9. The van der Waals surface area contributed by atoms with Gasteiger partial charge in [0.2, 0.25) is 0 Å². The smallest absolute Gasteiger partial charge is 0.550 e. The molecule has 0 unspecified atom stereocenters. The van der Waals surface area contributed by atoms with Gasteiger partial charge in [-0.25, -0.2) is 0 Å². The predicted molar refractivity (Wildman–Crippen MR) is 104 cm³/mol. The van der Waals surface area contributed by atoms with Crippen LogP contribution >= 0.6 is 0 Å². The van der Waals surface area contributed by atoms with Gasteiger partial charge in [0.25, 0.3) is 0 Å². The molecule has 0 saturated heterocycles. The maximum Gasteiger partial charge on any atom is 1.00 e. The number of carboxylic acids is 2. The van der Waals surface area contributed by atoms with Gasteiger partial charge in [-0.1, -0.05) is 103 Å². The van der Waals surface area contributed by atoms with E-state index in [9.17, 15) is 19.8 Å². The summed E-state index contributed by atoms with van der Waals surface area (Å²) < 4.78 is 0. The molecular formula is C22H40CuO4-. The second-order valence-corrected chi connectivity index (χ2v) is 7.14. The minimum atomic E-state index is -1.19. The largest absolute Gasteiger partial charge is 1.00 e. The summed E-state index contributed by atoms with van der Waals surface area (Å²) in [4.78, 5) is 19.7. The molecule has 0 aliphatic rings. The summed E-state index contributed by atoms with van der Waals surface area (Å²) in [6.45, 7) is 6.74.